The molecule has 1 aromatic heterocycles. The molecule has 21 heavy (non-hydrogen) atoms. The Labute approximate surface area is 134 Å². The smallest absolute Gasteiger partial charge is 0.138 e. The van der Waals surface area contributed by atoms with Crippen molar-refractivity contribution in [2.75, 3.05) is 0 Å². The highest BCUT2D eigenvalue weighted by atomic mass is 35.5. The van der Waals surface area contributed by atoms with Gasteiger partial charge in [0.25, 0.3) is 0 Å². The molecule has 0 amide bonds. The summed E-state index contributed by atoms with van der Waals surface area (Å²) in [5.74, 6) is 2.98. The number of hydrogen-bond acceptors (Lipinski definition) is 2. The third-order valence-electron chi connectivity index (χ3n) is 4.79. The normalized spacial score (nSPS) is 27.3. The largest absolute Gasteiger partial charge is 0.250 e. The van der Waals surface area contributed by atoms with Crippen LogP contribution in [0.25, 0.3) is 0 Å². The van der Waals surface area contributed by atoms with E-state index in [2.05, 4.69) is 49.4 Å². The highest BCUT2D eigenvalue weighted by Gasteiger charge is 2.35. The van der Waals surface area contributed by atoms with Crippen molar-refractivity contribution in [2.24, 2.45) is 23.2 Å². The van der Waals surface area contributed by atoms with Crippen LogP contribution in [-0.4, -0.2) is 20.1 Å². The number of rotatable bonds is 4. The quantitative estimate of drug-likeness (QED) is 0.764. The van der Waals surface area contributed by atoms with E-state index in [0.29, 0.717) is 17.3 Å². The molecule has 0 spiro atoms. The number of hydrogen-bond donors (Lipinski definition) is 0. The summed E-state index contributed by atoms with van der Waals surface area (Å²) in [6.07, 6.45) is 6.25. The lowest BCUT2D eigenvalue weighted by Crippen LogP contribution is -2.34. The molecule has 4 heteroatoms. The molecule has 1 aliphatic rings. The Morgan fingerprint density at radius 3 is 2.67 bits per heavy atom. The van der Waals surface area contributed by atoms with Crippen LogP contribution >= 0.6 is 11.6 Å². The molecule has 1 aromatic rings. The van der Waals surface area contributed by atoms with Crippen molar-refractivity contribution in [1.82, 2.24) is 14.8 Å². The first kappa shape index (κ1) is 16.8. The first-order valence-electron chi connectivity index (χ1n) is 8.28. The summed E-state index contributed by atoms with van der Waals surface area (Å²) >= 11 is 6.62. The Hall–Kier alpha value is -0.570. The maximum Gasteiger partial charge on any atom is 0.138 e. The maximum atomic E-state index is 6.62. The molecule has 0 saturated heterocycles. The van der Waals surface area contributed by atoms with Gasteiger partial charge in [-0.1, -0.05) is 34.6 Å². The van der Waals surface area contributed by atoms with Crippen LogP contribution in [0.5, 0.6) is 0 Å². The van der Waals surface area contributed by atoms with Crippen LogP contribution in [0.1, 0.15) is 59.7 Å². The lowest BCUT2D eigenvalue weighted by atomic mass is 9.68. The zero-order chi connectivity index (χ0) is 15.6. The van der Waals surface area contributed by atoms with Crippen molar-refractivity contribution in [3.63, 3.8) is 0 Å². The molecule has 0 N–H and O–H groups in total. The van der Waals surface area contributed by atoms with Gasteiger partial charge in [-0.25, -0.2) is 9.67 Å². The molecule has 3 atom stereocenters. The van der Waals surface area contributed by atoms with Gasteiger partial charge in [0, 0.05) is 18.3 Å². The van der Waals surface area contributed by atoms with E-state index in [1.54, 1.807) is 6.33 Å². The van der Waals surface area contributed by atoms with Crippen molar-refractivity contribution in [1.29, 1.82) is 0 Å². The minimum Gasteiger partial charge on any atom is -0.250 e. The van der Waals surface area contributed by atoms with E-state index in [9.17, 15) is 0 Å². The molecule has 0 bridgehead atoms. The van der Waals surface area contributed by atoms with Crippen LogP contribution in [0, 0.1) is 23.2 Å². The number of alkyl halides is 1. The Morgan fingerprint density at radius 1 is 1.33 bits per heavy atom. The van der Waals surface area contributed by atoms with Crippen LogP contribution in [-0.2, 0) is 13.0 Å². The first-order valence-corrected chi connectivity index (χ1v) is 8.71. The van der Waals surface area contributed by atoms with E-state index < -0.39 is 0 Å². The van der Waals surface area contributed by atoms with Crippen LogP contribution in [0.4, 0.5) is 0 Å². The minimum atomic E-state index is 0.285. The Bertz CT molecular complexity index is 447. The van der Waals surface area contributed by atoms with Crippen molar-refractivity contribution in [3.05, 3.63) is 12.2 Å². The third kappa shape index (κ3) is 4.45. The van der Waals surface area contributed by atoms with Gasteiger partial charge in [-0.05, 0) is 42.4 Å². The van der Waals surface area contributed by atoms with Gasteiger partial charge in [0.05, 0.1) is 0 Å². The van der Waals surface area contributed by atoms with Gasteiger partial charge in [-0.3, -0.25) is 0 Å². The van der Waals surface area contributed by atoms with E-state index in [0.717, 1.165) is 31.1 Å². The fraction of sp³-hybridized carbons (Fsp3) is 0.882. The maximum absolute atomic E-state index is 6.62. The van der Waals surface area contributed by atoms with E-state index >= 15 is 0 Å². The molecule has 120 valence electrons. The van der Waals surface area contributed by atoms with Gasteiger partial charge in [-0.2, -0.15) is 5.10 Å². The van der Waals surface area contributed by atoms with Crippen LogP contribution in [0.3, 0.4) is 0 Å². The van der Waals surface area contributed by atoms with Crippen molar-refractivity contribution in [3.8, 4) is 0 Å². The highest BCUT2D eigenvalue weighted by molar-refractivity contribution is 6.20. The first-order chi connectivity index (χ1) is 9.77. The second-order valence-electron chi connectivity index (χ2n) is 8.11. The van der Waals surface area contributed by atoms with E-state index in [-0.39, 0.29) is 5.38 Å². The van der Waals surface area contributed by atoms with Gasteiger partial charge in [-0.15, -0.1) is 11.6 Å². The summed E-state index contributed by atoms with van der Waals surface area (Å²) < 4.78 is 2.06. The summed E-state index contributed by atoms with van der Waals surface area (Å²) in [4.78, 5) is 4.48. The zero-order valence-corrected chi connectivity index (χ0v) is 14.9. The van der Waals surface area contributed by atoms with Crippen LogP contribution < -0.4 is 0 Å². The standard InChI is InChI=1S/C17H30ClN3/c1-12(2)10-21-16(19-11-20-21)9-13-8-14(17(3,4)5)6-7-15(13)18/h11-15H,6-10H2,1-5H3. The van der Waals surface area contributed by atoms with Gasteiger partial charge in [0.2, 0.25) is 0 Å². The summed E-state index contributed by atoms with van der Waals surface area (Å²) in [5.41, 5.74) is 0.376. The van der Waals surface area contributed by atoms with Crippen molar-refractivity contribution < 1.29 is 0 Å². The van der Waals surface area contributed by atoms with E-state index in [4.69, 9.17) is 11.6 Å². The lowest BCUT2D eigenvalue weighted by Gasteiger charge is -2.40. The molecule has 0 radical (unpaired) electrons. The number of aromatic nitrogens is 3. The Balaban J connectivity index is 2.05. The van der Waals surface area contributed by atoms with Gasteiger partial charge in [0.15, 0.2) is 0 Å². The molecule has 3 unspecified atom stereocenters. The van der Waals surface area contributed by atoms with Gasteiger partial charge >= 0.3 is 0 Å². The number of halogens is 1. The SMILES string of the molecule is CC(C)Cn1ncnc1CC1CC(C(C)(C)C)CCC1Cl. The molecule has 0 aromatic carbocycles. The van der Waals surface area contributed by atoms with Gasteiger partial charge in [0.1, 0.15) is 12.2 Å². The number of nitrogens with zero attached hydrogens (tertiary/aromatic N) is 3. The summed E-state index contributed by atoms with van der Waals surface area (Å²) in [7, 11) is 0. The van der Waals surface area contributed by atoms with Crippen LogP contribution in [0.2, 0.25) is 0 Å². The van der Waals surface area contributed by atoms with E-state index in [1.165, 1.54) is 12.8 Å². The summed E-state index contributed by atoms with van der Waals surface area (Å²) in [5, 5.41) is 4.66. The summed E-state index contributed by atoms with van der Waals surface area (Å²) in [6.45, 7) is 12.4. The fourth-order valence-corrected chi connectivity index (χ4v) is 3.72. The molecule has 1 saturated carbocycles. The highest BCUT2D eigenvalue weighted by Crippen LogP contribution is 2.42. The predicted molar refractivity (Wildman–Crippen MR) is 88.5 cm³/mol. The lowest BCUT2D eigenvalue weighted by molar-refractivity contribution is 0.142. The molecule has 1 fully saturated rings. The average molecular weight is 312 g/mol. The topological polar surface area (TPSA) is 30.7 Å². The molecular formula is C17H30ClN3. The Morgan fingerprint density at radius 2 is 2.05 bits per heavy atom. The molecule has 1 heterocycles. The summed E-state index contributed by atoms with van der Waals surface area (Å²) in [6, 6.07) is 0. The van der Waals surface area contributed by atoms with E-state index in [1.807, 2.05) is 0 Å². The second kappa shape index (κ2) is 6.68. The molecule has 1 aliphatic carbocycles. The molecular weight excluding hydrogens is 282 g/mol. The monoisotopic (exact) mass is 311 g/mol. The fourth-order valence-electron chi connectivity index (χ4n) is 3.40. The Kier molecular flexibility index (Phi) is 5.34. The zero-order valence-electron chi connectivity index (χ0n) is 14.1. The average Bonchev–Trinajstić information content (AvgIpc) is 2.77. The van der Waals surface area contributed by atoms with Gasteiger partial charge < -0.3 is 0 Å². The third-order valence-corrected chi connectivity index (χ3v) is 5.37. The van der Waals surface area contributed by atoms with Crippen LogP contribution in [0.15, 0.2) is 6.33 Å². The molecule has 2 rings (SSSR count). The van der Waals surface area contributed by atoms with Crippen molar-refractivity contribution >= 4 is 11.6 Å². The van der Waals surface area contributed by atoms with Crippen molar-refractivity contribution in [2.45, 2.75) is 72.2 Å². The predicted octanol–water partition coefficient (Wildman–Crippen LogP) is 4.55. The molecule has 0 aliphatic heterocycles. The molecule has 3 nitrogen and oxygen atoms in total. The minimum absolute atomic E-state index is 0.285. The second-order valence-corrected chi connectivity index (χ2v) is 8.67.